The molecule has 0 amide bonds. The van der Waals surface area contributed by atoms with Crippen LogP contribution in [0.3, 0.4) is 0 Å². The zero-order chi connectivity index (χ0) is 30.6. The van der Waals surface area contributed by atoms with Crippen molar-refractivity contribution >= 4 is 37.5 Å². The molecule has 6 rings (SSSR count). The Morgan fingerprint density at radius 2 is 1.86 bits per heavy atom. The second kappa shape index (κ2) is 11.9. The van der Waals surface area contributed by atoms with E-state index in [0.29, 0.717) is 51.0 Å². The molecule has 0 saturated heterocycles. The fourth-order valence-electron chi connectivity index (χ4n) is 10.2. The molecule has 1 heterocycles. The lowest BCUT2D eigenvalue weighted by molar-refractivity contribution is -0.145. The van der Waals surface area contributed by atoms with Crippen molar-refractivity contribution in [3.05, 3.63) is 18.2 Å². The number of aliphatic hydroxyl groups is 1. The Morgan fingerprint density at radius 1 is 1.09 bits per heavy atom. The minimum absolute atomic E-state index is 0.0890. The van der Waals surface area contributed by atoms with E-state index in [1.165, 1.54) is 44.9 Å². The predicted molar refractivity (Wildman–Crippen MR) is 167 cm³/mol. The lowest BCUT2D eigenvalue weighted by atomic mass is 9.44. The molecule has 0 spiro atoms. The third kappa shape index (κ3) is 5.98. The van der Waals surface area contributed by atoms with Crippen LogP contribution in [0.1, 0.15) is 91.4 Å². The van der Waals surface area contributed by atoms with Gasteiger partial charge in [0.25, 0.3) is 10.0 Å². The van der Waals surface area contributed by atoms with Crippen LogP contribution in [0.25, 0.3) is 10.2 Å². The van der Waals surface area contributed by atoms with E-state index in [2.05, 4.69) is 25.8 Å². The van der Waals surface area contributed by atoms with E-state index in [1.807, 2.05) is 0 Å². The lowest BCUT2D eigenvalue weighted by Crippen LogP contribution is -2.54. The molecule has 8 nitrogen and oxygen atoms in total. The highest BCUT2D eigenvalue weighted by Gasteiger charge is 2.60. The maximum absolute atomic E-state index is 12.6. The Bertz CT molecular complexity index is 1440. The average molecular weight is 633 g/mol. The number of hydrogen-bond acceptors (Lipinski definition) is 8. The molecule has 0 radical (unpaired) electrons. The van der Waals surface area contributed by atoms with Gasteiger partial charge in [0.2, 0.25) is 4.34 Å². The standard InChI is InChI=1S/C33H48N2O6S2/c1-20(4-11-30(37)41-17-16-40-23-6-10-28-29(19-23)42-31(35-28)43(34,38)39)25-8-9-26-24-7-5-21-18-22(36)12-14-32(21,2)27(24)13-15-33(25,26)3/h6,10,19-22,24-27,36H,4-5,7-9,11-18H2,1-3H3,(H2,34,38,39)/t20-,21-,22-,24+,25-,26+,27+,32+,33-/m1/s1. The topological polar surface area (TPSA) is 129 Å². The number of rotatable bonds is 9. The van der Waals surface area contributed by atoms with Crippen LogP contribution in [-0.4, -0.2) is 43.8 Å². The van der Waals surface area contributed by atoms with Gasteiger partial charge in [-0.15, -0.1) is 11.3 Å². The Balaban J connectivity index is 0.965. The summed E-state index contributed by atoms with van der Waals surface area (Å²) in [5, 5.41) is 15.5. The summed E-state index contributed by atoms with van der Waals surface area (Å²) in [4.78, 5) is 16.7. The summed E-state index contributed by atoms with van der Waals surface area (Å²) in [6.45, 7) is 7.85. The Labute approximate surface area is 260 Å². The lowest BCUT2D eigenvalue weighted by Gasteiger charge is -2.61. The molecule has 4 aliphatic rings. The minimum atomic E-state index is -3.85. The van der Waals surface area contributed by atoms with Gasteiger partial charge in [-0.1, -0.05) is 20.8 Å². The van der Waals surface area contributed by atoms with Gasteiger partial charge in [0.1, 0.15) is 19.0 Å². The van der Waals surface area contributed by atoms with Crippen molar-refractivity contribution in [3.8, 4) is 5.75 Å². The van der Waals surface area contributed by atoms with E-state index >= 15 is 0 Å². The smallest absolute Gasteiger partial charge is 0.305 e. The van der Waals surface area contributed by atoms with Crippen molar-refractivity contribution in [1.29, 1.82) is 0 Å². The number of esters is 1. The van der Waals surface area contributed by atoms with Crippen molar-refractivity contribution < 1.29 is 27.8 Å². The van der Waals surface area contributed by atoms with Crippen molar-refractivity contribution in [1.82, 2.24) is 4.98 Å². The van der Waals surface area contributed by atoms with Gasteiger partial charge < -0.3 is 14.6 Å². The molecule has 1 aromatic heterocycles. The minimum Gasteiger partial charge on any atom is -0.490 e. The number of ether oxygens (including phenoxy) is 2. The summed E-state index contributed by atoms with van der Waals surface area (Å²) in [5.41, 5.74) is 1.32. The molecule has 4 saturated carbocycles. The highest BCUT2D eigenvalue weighted by molar-refractivity contribution is 7.91. The summed E-state index contributed by atoms with van der Waals surface area (Å²) < 4.78 is 34.9. The molecule has 10 heteroatoms. The summed E-state index contributed by atoms with van der Waals surface area (Å²) in [7, 11) is -3.85. The first-order valence-electron chi connectivity index (χ1n) is 16.3. The van der Waals surface area contributed by atoms with Crippen LogP contribution < -0.4 is 9.88 Å². The fraction of sp³-hybridized carbons (Fsp3) is 0.758. The SMILES string of the molecule is C[C@H](CCC(=O)OCCOc1ccc2nc(S(N)(=O)=O)sc2c1)[C@H]1CC[C@H]2[C@@H]3CC[C@@H]4C[C@H](O)CC[C@]4(C)[C@H]3CC[C@]12C. The monoisotopic (exact) mass is 632 g/mol. The zero-order valence-corrected chi connectivity index (χ0v) is 27.4. The number of fused-ring (bicyclic) bond motifs is 6. The molecular formula is C33H48N2O6S2. The van der Waals surface area contributed by atoms with Gasteiger partial charge in [0, 0.05) is 6.42 Å². The third-order valence-electron chi connectivity index (χ3n) is 12.4. The maximum Gasteiger partial charge on any atom is 0.305 e. The number of aromatic nitrogens is 1. The normalized spacial score (nSPS) is 36.4. The van der Waals surface area contributed by atoms with Crippen LogP contribution in [0, 0.1) is 46.3 Å². The van der Waals surface area contributed by atoms with Gasteiger partial charge in [0.05, 0.1) is 16.3 Å². The third-order valence-corrected chi connectivity index (χ3v) is 14.7. The van der Waals surface area contributed by atoms with Gasteiger partial charge in [-0.05, 0) is 129 Å². The summed E-state index contributed by atoms with van der Waals surface area (Å²) in [6, 6.07) is 5.13. The largest absolute Gasteiger partial charge is 0.490 e. The van der Waals surface area contributed by atoms with Gasteiger partial charge in [0.15, 0.2) is 0 Å². The number of aliphatic hydroxyl groups excluding tert-OH is 1. The number of sulfonamides is 1. The highest BCUT2D eigenvalue weighted by atomic mass is 32.2. The number of carbonyl (C=O) groups excluding carboxylic acids is 1. The molecule has 0 bridgehead atoms. The Hall–Kier alpha value is -1.75. The van der Waals surface area contributed by atoms with E-state index in [4.69, 9.17) is 14.6 Å². The molecule has 2 aromatic rings. The van der Waals surface area contributed by atoms with Gasteiger partial charge in [-0.25, -0.2) is 18.5 Å². The van der Waals surface area contributed by atoms with Crippen molar-refractivity contribution in [2.75, 3.05) is 13.2 Å². The predicted octanol–water partition coefficient (Wildman–Crippen LogP) is 6.30. The van der Waals surface area contributed by atoms with E-state index in [0.717, 1.165) is 48.4 Å². The number of hydrogen-bond donors (Lipinski definition) is 2. The van der Waals surface area contributed by atoms with Crippen molar-refractivity contribution in [2.24, 2.45) is 51.5 Å². The number of primary sulfonamides is 1. The van der Waals surface area contributed by atoms with Crippen LogP contribution in [-0.2, 0) is 19.6 Å². The highest BCUT2D eigenvalue weighted by Crippen LogP contribution is 2.68. The molecule has 1 aromatic carbocycles. The molecule has 9 atom stereocenters. The van der Waals surface area contributed by atoms with E-state index in [9.17, 15) is 18.3 Å². The number of benzene rings is 1. The molecule has 4 fully saturated rings. The summed E-state index contributed by atoms with van der Waals surface area (Å²) >= 11 is 1.00. The van der Waals surface area contributed by atoms with Crippen LogP contribution in [0.15, 0.2) is 22.5 Å². The van der Waals surface area contributed by atoms with E-state index in [-0.39, 0.29) is 29.6 Å². The van der Waals surface area contributed by atoms with Crippen molar-refractivity contribution in [3.63, 3.8) is 0 Å². The van der Waals surface area contributed by atoms with E-state index < -0.39 is 10.0 Å². The average Bonchev–Trinajstić information content (AvgIpc) is 3.55. The van der Waals surface area contributed by atoms with Crippen LogP contribution in [0.4, 0.5) is 0 Å². The van der Waals surface area contributed by atoms with Crippen LogP contribution in [0.2, 0.25) is 0 Å². The van der Waals surface area contributed by atoms with Gasteiger partial charge in [-0.3, -0.25) is 4.79 Å². The van der Waals surface area contributed by atoms with Gasteiger partial charge in [-0.2, -0.15) is 0 Å². The molecular weight excluding hydrogens is 585 g/mol. The number of carbonyl (C=O) groups is 1. The Kier molecular flexibility index (Phi) is 8.63. The molecule has 0 unspecified atom stereocenters. The molecule has 238 valence electrons. The first-order chi connectivity index (χ1) is 20.4. The fourth-order valence-corrected chi connectivity index (χ4v) is 11.9. The number of thiazole rings is 1. The molecule has 4 aliphatic carbocycles. The second-order valence-corrected chi connectivity index (χ2v) is 17.3. The van der Waals surface area contributed by atoms with Crippen LogP contribution in [0.5, 0.6) is 5.75 Å². The Morgan fingerprint density at radius 3 is 2.65 bits per heavy atom. The van der Waals surface area contributed by atoms with Gasteiger partial charge >= 0.3 is 5.97 Å². The first-order valence-corrected chi connectivity index (χ1v) is 18.6. The maximum atomic E-state index is 12.6. The summed E-state index contributed by atoms with van der Waals surface area (Å²) in [5.74, 6) is 4.65. The van der Waals surface area contributed by atoms with E-state index in [1.54, 1.807) is 18.2 Å². The molecule has 3 N–H and O–H groups in total. The zero-order valence-electron chi connectivity index (χ0n) is 25.8. The molecule has 0 aliphatic heterocycles. The second-order valence-electron chi connectivity index (χ2n) is 14.6. The van der Waals surface area contributed by atoms with Crippen molar-refractivity contribution in [2.45, 2.75) is 102 Å². The van der Waals surface area contributed by atoms with Crippen LogP contribution >= 0.6 is 11.3 Å². The molecule has 43 heavy (non-hydrogen) atoms. The quantitative estimate of drug-likeness (QED) is 0.245. The first kappa shape index (κ1) is 31.2. The summed E-state index contributed by atoms with van der Waals surface area (Å²) in [6.07, 6.45) is 12.2. The number of nitrogens with two attached hydrogens (primary N) is 1. The number of nitrogens with zero attached hydrogens (tertiary/aromatic N) is 1.